The third-order valence-electron chi connectivity index (χ3n) is 6.75. The molecule has 0 unspecified atom stereocenters. The molecule has 2 aromatic heterocycles. The Morgan fingerprint density at radius 3 is 2.65 bits per heavy atom. The fourth-order valence-corrected chi connectivity index (χ4v) is 4.73. The van der Waals surface area contributed by atoms with Crippen molar-refractivity contribution < 1.29 is 9.53 Å². The molecule has 1 aliphatic heterocycles. The van der Waals surface area contributed by atoms with Crippen molar-refractivity contribution in [1.82, 2.24) is 19.7 Å². The molecule has 0 bridgehead atoms. The minimum absolute atomic E-state index is 0.305. The van der Waals surface area contributed by atoms with E-state index >= 15 is 0 Å². The predicted octanol–water partition coefficient (Wildman–Crippen LogP) is 4.34. The number of carbonyl (C=O) groups is 1. The van der Waals surface area contributed by atoms with Crippen LogP contribution in [0.3, 0.4) is 0 Å². The van der Waals surface area contributed by atoms with Crippen LogP contribution in [0.25, 0.3) is 10.9 Å². The van der Waals surface area contributed by atoms with E-state index in [0.717, 1.165) is 53.9 Å². The summed E-state index contributed by atoms with van der Waals surface area (Å²) < 4.78 is 7.64. The van der Waals surface area contributed by atoms with Gasteiger partial charge in [0.2, 0.25) is 0 Å². The molecule has 0 atom stereocenters. The van der Waals surface area contributed by atoms with Gasteiger partial charge in [-0.1, -0.05) is 12.1 Å². The Labute approximate surface area is 182 Å². The number of hydrogen-bond donors (Lipinski definition) is 0. The Morgan fingerprint density at radius 1 is 1.16 bits per heavy atom. The van der Waals surface area contributed by atoms with Gasteiger partial charge in [0.1, 0.15) is 17.7 Å². The number of aryl methyl sites for hydroxylation is 2. The highest BCUT2D eigenvalue weighted by Gasteiger charge is 2.32. The zero-order valence-electron chi connectivity index (χ0n) is 18.5. The van der Waals surface area contributed by atoms with Gasteiger partial charge in [-0.05, 0) is 57.6 Å². The molecular weight excluding hydrogens is 390 g/mol. The van der Waals surface area contributed by atoms with Crippen LogP contribution in [0.5, 0.6) is 0 Å². The van der Waals surface area contributed by atoms with E-state index in [-0.39, 0.29) is 5.97 Å². The lowest BCUT2D eigenvalue weighted by molar-refractivity contribution is 0.0526. The van der Waals surface area contributed by atoms with Gasteiger partial charge in [-0.2, -0.15) is 0 Å². The minimum Gasteiger partial charge on any atom is -0.462 e. The second kappa shape index (κ2) is 7.94. The maximum absolute atomic E-state index is 12.8. The molecule has 31 heavy (non-hydrogen) atoms. The number of ether oxygens (including phenoxy) is 1. The van der Waals surface area contributed by atoms with Crippen LogP contribution in [0.2, 0.25) is 0 Å². The van der Waals surface area contributed by atoms with Crippen LogP contribution in [0.1, 0.15) is 71.9 Å². The lowest BCUT2D eigenvalue weighted by atomic mass is 9.94. The van der Waals surface area contributed by atoms with E-state index in [1.807, 2.05) is 13.3 Å². The van der Waals surface area contributed by atoms with Crippen molar-refractivity contribution in [1.29, 1.82) is 0 Å². The van der Waals surface area contributed by atoms with Gasteiger partial charge in [-0.25, -0.2) is 4.79 Å². The molecular formula is C24H29N5O2. The van der Waals surface area contributed by atoms with Gasteiger partial charge < -0.3 is 14.2 Å². The molecule has 1 aliphatic carbocycles. The average Bonchev–Trinajstić information content (AvgIpc) is 3.52. The van der Waals surface area contributed by atoms with Crippen LogP contribution in [-0.4, -0.2) is 45.4 Å². The van der Waals surface area contributed by atoms with Crippen molar-refractivity contribution >= 4 is 22.6 Å². The second-order valence-electron chi connectivity index (χ2n) is 8.73. The van der Waals surface area contributed by atoms with Crippen LogP contribution >= 0.6 is 0 Å². The van der Waals surface area contributed by atoms with Gasteiger partial charge >= 0.3 is 5.97 Å². The number of nitrogens with zero attached hydrogens (tertiary/aromatic N) is 5. The summed E-state index contributed by atoms with van der Waals surface area (Å²) in [7, 11) is 0. The molecule has 1 saturated heterocycles. The Hall–Kier alpha value is -2.96. The van der Waals surface area contributed by atoms with Crippen LogP contribution in [0, 0.1) is 13.8 Å². The fourth-order valence-electron chi connectivity index (χ4n) is 4.73. The molecule has 7 heteroatoms. The van der Waals surface area contributed by atoms with E-state index in [4.69, 9.17) is 4.74 Å². The number of rotatable bonds is 5. The van der Waals surface area contributed by atoms with E-state index in [1.165, 1.54) is 18.4 Å². The standard InChI is InChI=1S/C24H29N5O2/c1-4-31-24(30)20-13-25-21-16(3)15(2)5-8-19(21)22(20)28-11-9-17(10-12-28)23-27-26-14-29(23)18-6-7-18/h5,8,13-14,17-18H,4,6-7,9-12H2,1-3H3. The van der Waals surface area contributed by atoms with Crippen molar-refractivity contribution in [2.75, 3.05) is 24.6 Å². The monoisotopic (exact) mass is 419 g/mol. The van der Waals surface area contributed by atoms with Crippen LogP contribution < -0.4 is 4.90 Å². The third-order valence-corrected chi connectivity index (χ3v) is 6.75. The molecule has 3 aromatic rings. The highest BCUT2D eigenvalue weighted by molar-refractivity contribution is 6.06. The molecule has 1 saturated carbocycles. The van der Waals surface area contributed by atoms with Crippen LogP contribution in [0.4, 0.5) is 5.69 Å². The summed E-state index contributed by atoms with van der Waals surface area (Å²) in [6, 6.07) is 4.80. The van der Waals surface area contributed by atoms with E-state index in [2.05, 4.69) is 50.6 Å². The van der Waals surface area contributed by atoms with Crippen LogP contribution in [0.15, 0.2) is 24.7 Å². The van der Waals surface area contributed by atoms with Gasteiger partial charge in [-0.3, -0.25) is 4.98 Å². The predicted molar refractivity (Wildman–Crippen MR) is 120 cm³/mol. The average molecular weight is 420 g/mol. The first-order valence-corrected chi connectivity index (χ1v) is 11.3. The summed E-state index contributed by atoms with van der Waals surface area (Å²) >= 11 is 0. The summed E-state index contributed by atoms with van der Waals surface area (Å²) in [5.41, 5.74) is 4.82. The number of fused-ring (bicyclic) bond motifs is 1. The molecule has 3 heterocycles. The molecule has 0 amide bonds. The number of carbonyl (C=O) groups excluding carboxylic acids is 1. The van der Waals surface area contributed by atoms with E-state index in [9.17, 15) is 4.79 Å². The summed E-state index contributed by atoms with van der Waals surface area (Å²) in [5.74, 6) is 1.22. The van der Waals surface area contributed by atoms with Crippen molar-refractivity contribution in [3.05, 3.63) is 47.2 Å². The molecule has 2 aliphatic rings. The summed E-state index contributed by atoms with van der Waals surface area (Å²) in [6.07, 6.45) is 8.02. The first-order valence-electron chi connectivity index (χ1n) is 11.3. The quantitative estimate of drug-likeness (QED) is 0.573. The highest BCUT2D eigenvalue weighted by atomic mass is 16.5. The first-order chi connectivity index (χ1) is 15.1. The normalized spacial score (nSPS) is 17.3. The van der Waals surface area contributed by atoms with E-state index in [0.29, 0.717) is 24.1 Å². The van der Waals surface area contributed by atoms with Crippen molar-refractivity contribution in [3.8, 4) is 0 Å². The first kappa shape index (κ1) is 20.0. The minimum atomic E-state index is -0.305. The largest absolute Gasteiger partial charge is 0.462 e. The lowest BCUT2D eigenvalue weighted by Gasteiger charge is -2.35. The number of esters is 1. The third kappa shape index (κ3) is 3.56. The van der Waals surface area contributed by atoms with Crippen LogP contribution in [-0.2, 0) is 4.74 Å². The molecule has 5 rings (SSSR count). The van der Waals surface area contributed by atoms with Gasteiger partial charge in [0, 0.05) is 36.6 Å². The van der Waals surface area contributed by atoms with E-state index < -0.39 is 0 Å². The number of anilines is 1. The molecule has 0 radical (unpaired) electrons. The molecule has 0 spiro atoms. The smallest absolute Gasteiger partial charge is 0.341 e. The van der Waals surface area contributed by atoms with Gasteiger partial charge in [-0.15, -0.1) is 10.2 Å². The maximum atomic E-state index is 12.8. The number of piperidine rings is 1. The topological polar surface area (TPSA) is 73.1 Å². The van der Waals surface area contributed by atoms with E-state index in [1.54, 1.807) is 6.20 Å². The molecule has 1 aromatic carbocycles. The Bertz CT molecular complexity index is 1130. The van der Waals surface area contributed by atoms with Crippen molar-refractivity contribution in [2.45, 2.75) is 58.4 Å². The zero-order valence-corrected chi connectivity index (χ0v) is 18.5. The Morgan fingerprint density at radius 2 is 1.94 bits per heavy atom. The maximum Gasteiger partial charge on any atom is 0.341 e. The van der Waals surface area contributed by atoms with Gasteiger partial charge in [0.15, 0.2) is 0 Å². The summed E-state index contributed by atoms with van der Waals surface area (Å²) in [6.45, 7) is 8.09. The number of benzene rings is 1. The van der Waals surface area contributed by atoms with Gasteiger partial charge in [0.05, 0.1) is 17.8 Å². The van der Waals surface area contributed by atoms with Crippen molar-refractivity contribution in [3.63, 3.8) is 0 Å². The molecule has 162 valence electrons. The molecule has 0 N–H and O–H groups in total. The molecule has 7 nitrogen and oxygen atoms in total. The highest BCUT2D eigenvalue weighted by Crippen LogP contribution is 2.40. The lowest BCUT2D eigenvalue weighted by Crippen LogP contribution is -2.35. The SMILES string of the molecule is CCOC(=O)c1cnc2c(C)c(C)ccc2c1N1CCC(c2nncn2C2CC2)CC1. The molecule has 2 fully saturated rings. The van der Waals surface area contributed by atoms with Gasteiger partial charge in [0.25, 0.3) is 0 Å². The summed E-state index contributed by atoms with van der Waals surface area (Å²) in [4.78, 5) is 19.7. The number of aromatic nitrogens is 4. The number of hydrogen-bond acceptors (Lipinski definition) is 6. The fraction of sp³-hybridized carbons (Fsp3) is 0.500. The second-order valence-corrected chi connectivity index (χ2v) is 8.73. The Kier molecular flexibility index (Phi) is 5.12. The summed E-state index contributed by atoms with van der Waals surface area (Å²) in [5, 5.41) is 9.65. The Balaban J connectivity index is 1.48. The zero-order chi connectivity index (χ0) is 21.5. The number of pyridine rings is 1. The van der Waals surface area contributed by atoms with Crippen molar-refractivity contribution in [2.24, 2.45) is 0 Å².